The Morgan fingerprint density at radius 3 is 0.471 bits per heavy atom. The monoisotopic (exact) mass is 336 g/mol. The average molecular weight is 336 g/mol. The van der Waals surface area contributed by atoms with Gasteiger partial charge in [0.1, 0.15) is 0 Å². The van der Waals surface area contributed by atoms with Crippen molar-refractivity contribution in [3.05, 3.63) is 0 Å². The van der Waals surface area contributed by atoms with Gasteiger partial charge in [0.15, 0.2) is 0 Å². The van der Waals surface area contributed by atoms with Gasteiger partial charge < -0.3 is 49.5 Å². The Labute approximate surface area is 116 Å². The van der Waals surface area contributed by atoms with E-state index in [1.54, 1.807) is 0 Å². The molecule has 0 aromatic heterocycles. The van der Waals surface area contributed by atoms with E-state index in [1.165, 1.54) is 0 Å². The van der Waals surface area contributed by atoms with Crippen molar-refractivity contribution in [3.63, 3.8) is 0 Å². The molecule has 17 heavy (non-hydrogen) atoms. The van der Waals surface area contributed by atoms with E-state index in [0.717, 1.165) is 0 Å². The molecule has 0 amide bonds. The summed E-state index contributed by atoms with van der Waals surface area (Å²) in [4.78, 5) is 64.7. The molecule has 0 aliphatic rings. The molecule has 0 rings (SSSR count). The standard InChI is InChI=1S/Na.3H3O4P.H2O.H/c;3*1-5(2,3)4;;/h;3*(H3,1,2,3,4);1H2;. The van der Waals surface area contributed by atoms with Crippen LogP contribution in [0.5, 0.6) is 0 Å². The van der Waals surface area contributed by atoms with Crippen molar-refractivity contribution in [1.82, 2.24) is 0 Å². The Hall–Kier alpha value is 1.29. The van der Waals surface area contributed by atoms with E-state index in [4.69, 9.17) is 57.7 Å². The van der Waals surface area contributed by atoms with Gasteiger partial charge in [0, 0.05) is 0 Å². The van der Waals surface area contributed by atoms with Crippen LogP contribution >= 0.6 is 23.5 Å². The molecule has 0 fully saturated rings. The molecule has 0 spiro atoms. The molecule has 0 aliphatic heterocycles. The third-order valence-corrected chi connectivity index (χ3v) is 0. The molecule has 0 atom stereocenters. The van der Waals surface area contributed by atoms with E-state index in [-0.39, 0.29) is 35.0 Å². The summed E-state index contributed by atoms with van der Waals surface area (Å²) in [5, 5.41) is 0. The Kier molecular flexibility index (Phi) is 22.5. The van der Waals surface area contributed by atoms with Crippen LogP contribution in [0.1, 0.15) is 0 Å². The van der Waals surface area contributed by atoms with E-state index in [2.05, 4.69) is 0 Å². The van der Waals surface area contributed by atoms with Crippen molar-refractivity contribution < 1.29 is 63.2 Å². The predicted molar refractivity (Wildman–Crippen MR) is 53.6 cm³/mol. The zero-order valence-electron chi connectivity index (χ0n) is 7.09. The van der Waals surface area contributed by atoms with Gasteiger partial charge in [0.2, 0.25) is 0 Å². The molecule has 0 saturated heterocycles. The number of hydrogen-bond donors (Lipinski definition) is 9. The van der Waals surface area contributed by atoms with Gasteiger partial charge in [-0.1, -0.05) is 0 Å². The zero-order valence-corrected chi connectivity index (χ0v) is 9.77. The Balaban J connectivity index is -0.0000000400. The van der Waals surface area contributed by atoms with Crippen molar-refractivity contribution in [2.75, 3.05) is 0 Å². The molecule has 0 heterocycles. The third kappa shape index (κ3) is 2430. The first-order valence-corrected chi connectivity index (χ1v) is 7.04. The van der Waals surface area contributed by atoms with Crippen molar-refractivity contribution in [1.29, 1.82) is 0 Å². The molecule has 0 aromatic carbocycles. The molecule has 0 aliphatic carbocycles. The topological polar surface area (TPSA) is 265 Å². The predicted octanol–water partition coefficient (Wildman–Crippen LogP) is -4.26. The number of hydrogen-bond acceptors (Lipinski definition) is 3. The number of rotatable bonds is 0. The summed E-state index contributed by atoms with van der Waals surface area (Å²) in [6.07, 6.45) is 0. The van der Waals surface area contributed by atoms with Gasteiger partial charge in [0.05, 0.1) is 0 Å². The van der Waals surface area contributed by atoms with Crippen molar-refractivity contribution in [2.45, 2.75) is 0 Å². The number of phosphoric acid groups is 3. The van der Waals surface area contributed by atoms with Crippen molar-refractivity contribution >= 4 is 53.0 Å². The first-order chi connectivity index (χ1) is 6.00. The molecular weight excluding hydrogens is 324 g/mol. The fourth-order valence-electron chi connectivity index (χ4n) is 0. The summed E-state index contributed by atoms with van der Waals surface area (Å²) in [7, 11) is -13.9. The van der Waals surface area contributed by atoms with Crippen LogP contribution in [0.2, 0.25) is 0 Å². The Morgan fingerprint density at radius 2 is 0.471 bits per heavy atom. The van der Waals surface area contributed by atoms with Gasteiger partial charge in [0.25, 0.3) is 0 Å². The van der Waals surface area contributed by atoms with E-state index >= 15 is 0 Å². The van der Waals surface area contributed by atoms with Crippen LogP contribution in [0.15, 0.2) is 0 Å². The molecule has 0 saturated carbocycles. The van der Waals surface area contributed by atoms with Gasteiger partial charge in [-0.3, -0.25) is 0 Å². The van der Waals surface area contributed by atoms with E-state index < -0.39 is 23.5 Å². The molecule has 17 heteroatoms. The first-order valence-electron chi connectivity index (χ1n) is 2.35. The van der Waals surface area contributed by atoms with Gasteiger partial charge in [-0.05, 0) is 0 Å². The van der Waals surface area contributed by atoms with Gasteiger partial charge in [-0.15, -0.1) is 0 Å². The Morgan fingerprint density at radius 1 is 0.471 bits per heavy atom. The Bertz CT molecular complexity index is 203. The quantitative estimate of drug-likeness (QED) is 0.150. The van der Waals surface area contributed by atoms with E-state index in [9.17, 15) is 0 Å². The summed E-state index contributed by atoms with van der Waals surface area (Å²) < 4.78 is 26.6. The molecule has 13 nitrogen and oxygen atoms in total. The van der Waals surface area contributed by atoms with Crippen LogP contribution < -0.4 is 0 Å². The SMILES string of the molecule is O.O=P(O)(O)O.O=P(O)(O)O.O=P(O)(O)O.[NaH]. The minimum absolute atomic E-state index is 0. The van der Waals surface area contributed by atoms with Crippen molar-refractivity contribution in [3.8, 4) is 0 Å². The third-order valence-electron chi connectivity index (χ3n) is 0. The van der Waals surface area contributed by atoms with Crippen LogP contribution in [-0.2, 0) is 13.7 Å². The fraction of sp³-hybridized carbons (Fsp3) is 0. The molecule has 0 unspecified atom stereocenters. The summed E-state index contributed by atoms with van der Waals surface area (Å²) in [5.41, 5.74) is 0. The summed E-state index contributed by atoms with van der Waals surface area (Å²) >= 11 is 0. The van der Waals surface area contributed by atoms with Crippen LogP contribution in [0, 0.1) is 0 Å². The second kappa shape index (κ2) is 12.3. The van der Waals surface area contributed by atoms with Gasteiger partial charge in [-0.2, -0.15) is 0 Å². The van der Waals surface area contributed by atoms with Crippen LogP contribution in [0.3, 0.4) is 0 Å². The maximum absolute atomic E-state index is 8.88. The molecule has 0 aromatic rings. The van der Waals surface area contributed by atoms with E-state index in [1.807, 2.05) is 0 Å². The summed E-state index contributed by atoms with van der Waals surface area (Å²) in [6.45, 7) is 0. The molecule has 106 valence electrons. The van der Waals surface area contributed by atoms with Crippen LogP contribution in [0.25, 0.3) is 0 Å². The van der Waals surface area contributed by atoms with E-state index in [0.29, 0.717) is 0 Å². The zero-order chi connectivity index (χ0) is 13.5. The molecule has 0 bridgehead atoms. The molecule has 11 N–H and O–H groups in total. The van der Waals surface area contributed by atoms with Crippen LogP contribution in [0.4, 0.5) is 0 Å². The minimum atomic E-state index is -4.64. The maximum atomic E-state index is 8.88. The average Bonchev–Trinajstić information content (AvgIpc) is 1.41. The first kappa shape index (κ1) is 31.0. The van der Waals surface area contributed by atoms with Gasteiger partial charge >= 0.3 is 53.0 Å². The van der Waals surface area contributed by atoms with Crippen LogP contribution in [-0.4, -0.2) is 79.1 Å². The van der Waals surface area contributed by atoms with Gasteiger partial charge in [-0.25, -0.2) is 13.7 Å². The van der Waals surface area contributed by atoms with Crippen molar-refractivity contribution in [2.24, 2.45) is 0 Å². The molecular formula is H12NaO13P3. The second-order valence-electron chi connectivity index (χ2n) is 1.54. The fourth-order valence-corrected chi connectivity index (χ4v) is 0. The normalized spacial score (nSPS) is 10.4. The second-order valence-corrected chi connectivity index (χ2v) is 4.62. The summed E-state index contributed by atoms with van der Waals surface area (Å²) in [6, 6.07) is 0. The summed E-state index contributed by atoms with van der Waals surface area (Å²) in [5.74, 6) is 0. The molecule has 0 radical (unpaired) electrons.